The lowest BCUT2D eigenvalue weighted by molar-refractivity contribution is 0.112. The first kappa shape index (κ1) is 10.4. The molecule has 0 aliphatic rings. The summed E-state index contributed by atoms with van der Waals surface area (Å²) in [7, 11) is 0. The number of aryl methyl sites for hydroxylation is 1. The van der Waals surface area contributed by atoms with Crippen LogP contribution in [0.1, 0.15) is 15.9 Å². The Bertz CT molecular complexity index is 513. The summed E-state index contributed by atoms with van der Waals surface area (Å²) in [5.74, 6) is 0.243. The summed E-state index contributed by atoms with van der Waals surface area (Å²) < 4.78 is 0. The van der Waals surface area contributed by atoms with Gasteiger partial charge in [0.25, 0.3) is 0 Å². The zero-order valence-electron chi connectivity index (χ0n) is 8.97. The number of phenolic OH excluding ortho intramolecular Hbond substituents is 1. The molecule has 2 heteroatoms. The fourth-order valence-corrected chi connectivity index (χ4v) is 1.66. The van der Waals surface area contributed by atoms with E-state index >= 15 is 0 Å². The highest BCUT2D eigenvalue weighted by molar-refractivity contribution is 5.80. The van der Waals surface area contributed by atoms with Gasteiger partial charge >= 0.3 is 0 Å². The minimum atomic E-state index is 0.243. The molecule has 0 fully saturated rings. The van der Waals surface area contributed by atoms with Crippen molar-refractivity contribution in [1.29, 1.82) is 0 Å². The molecule has 2 aromatic rings. The van der Waals surface area contributed by atoms with Gasteiger partial charge in [-0.3, -0.25) is 4.79 Å². The summed E-state index contributed by atoms with van der Waals surface area (Å²) in [6.45, 7) is 2.00. The summed E-state index contributed by atoms with van der Waals surface area (Å²) in [5.41, 5.74) is 3.79. The van der Waals surface area contributed by atoms with Crippen LogP contribution in [0.15, 0.2) is 42.5 Å². The van der Waals surface area contributed by atoms with Crippen LogP contribution in [-0.2, 0) is 0 Å². The minimum Gasteiger partial charge on any atom is -0.508 e. The summed E-state index contributed by atoms with van der Waals surface area (Å²) in [6.07, 6.45) is 0.837. The fraction of sp³-hybridized carbons (Fsp3) is 0.0714. The molecule has 16 heavy (non-hydrogen) atoms. The molecule has 0 radical (unpaired) electrons. The van der Waals surface area contributed by atoms with Crippen molar-refractivity contribution in [3.63, 3.8) is 0 Å². The van der Waals surface area contributed by atoms with Crippen LogP contribution >= 0.6 is 0 Å². The van der Waals surface area contributed by atoms with Crippen LogP contribution < -0.4 is 0 Å². The molecule has 0 amide bonds. The van der Waals surface area contributed by atoms with E-state index < -0.39 is 0 Å². The Hall–Kier alpha value is -2.09. The number of rotatable bonds is 2. The summed E-state index contributed by atoms with van der Waals surface area (Å²) in [5, 5.41) is 9.22. The van der Waals surface area contributed by atoms with Crippen molar-refractivity contribution in [3.8, 4) is 16.9 Å². The maximum Gasteiger partial charge on any atom is 0.150 e. The van der Waals surface area contributed by atoms with Crippen LogP contribution in [0.5, 0.6) is 5.75 Å². The van der Waals surface area contributed by atoms with E-state index in [0.717, 1.165) is 23.0 Å². The minimum absolute atomic E-state index is 0.243. The third-order valence-electron chi connectivity index (χ3n) is 2.58. The van der Waals surface area contributed by atoms with E-state index in [1.54, 1.807) is 18.2 Å². The SMILES string of the molecule is Cc1ccc(C=O)cc1-c1ccc(O)cc1. The van der Waals surface area contributed by atoms with Crippen LogP contribution in [0.2, 0.25) is 0 Å². The van der Waals surface area contributed by atoms with Crippen molar-refractivity contribution < 1.29 is 9.90 Å². The van der Waals surface area contributed by atoms with Crippen LogP contribution in [0.3, 0.4) is 0 Å². The third-order valence-corrected chi connectivity index (χ3v) is 2.58. The molecule has 0 heterocycles. The van der Waals surface area contributed by atoms with Crippen molar-refractivity contribution in [2.24, 2.45) is 0 Å². The number of carbonyl (C=O) groups is 1. The molecule has 0 aliphatic heterocycles. The lowest BCUT2D eigenvalue weighted by atomic mass is 9.98. The Morgan fingerprint density at radius 2 is 1.75 bits per heavy atom. The Labute approximate surface area is 94.2 Å². The van der Waals surface area contributed by atoms with E-state index in [4.69, 9.17) is 0 Å². The van der Waals surface area contributed by atoms with Crippen molar-refractivity contribution in [3.05, 3.63) is 53.6 Å². The lowest BCUT2D eigenvalue weighted by Gasteiger charge is -2.06. The van der Waals surface area contributed by atoms with E-state index in [9.17, 15) is 9.90 Å². The molecule has 80 valence electrons. The summed E-state index contributed by atoms with van der Waals surface area (Å²) in [4.78, 5) is 10.7. The molecular weight excluding hydrogens is 200 g/mol. The average molecular weight is 212 g/mol. The molecule has 0 spiro atoms. The van der Waals surface area contributed by atoms with E-state index in [0.29, 0.717) is 5.56 Å². The Balaban J connectivity index is 2.54. The van der Waals surface area contributed by atoms with Crippen LogP contribution in [0.4, 0.5) is 0 Å². The van der Waals surface area contributed by atoms with E-state index in [2.05, 4.69) is 0 Å². The largest absolute Gasteiger partial charge is 0.508 e. The van der Waals surface area contributed by atoms with Crippen LogP contribution in [0, 0.1) is 6.92 Å². The molecule has 0 saturated carbocycles. The maximum atomic E-state index is 10.7. The molecule has 2 rings (SSSR count). The van der Waals surface area contributed by atoms with E-state index in [1.807, 2.05) is 31.2 Å². The molecular formula is C14H12O2. The van der Waals surface area contributed by atoms with Crippen molar-refractivity contribution in [1.82, 2.24) is 0 Å². The van der Waals surface area contributed by atoms with Gasteiger partial charge in [0.15, 0.2) is 0 Å². The second-order valence-corrected chi connectivity index (χ2v) is 3.74. The van der Waals surface area contributed by atoms with Gasteiger partial charge in [-0.2, -0.15) is 0 Å². The van der Waals surface area contributed by atoms with Gasteiger partial charge in [-0.25, -0.2) is 0 Å². The van der Waals surface area contributed by atoms with Crippen molar-refractivity contribution in [2.75, 3.05) is 0 Å². The Morgan fingerprint density at radius 1 is 1.06 bits per heavy atom. The Morgan fingerprint density at radius 3 is 2.38 bits per heavy atom. The normalized spacial score (nSPS) is 10.1. The number of aromatic hydroxyl groups is 1. The van der Waals surface area contributed by atoms with E-state index in [-0.39, 0.29) is 5.75 Å². The standard InChI is InChI=1S/C14H12O2/c1-10-2-3-11(9-15)8-14(10)12-4-6-13(16)7-5-12/h2-9,16H,1H3. The molecule has 1 N–H and O–H groups in total. The maximum absolute atomic E-state index is 10.7. The fourth-order valence-electron chi connectivity index (χ4n) is 1.66. The van der Waals surface area contributed by atoms with Gasteiger partial charge in [0.2, 0.25) is 0 Å². The average Bonchev–Trinajstić information content (AvgIpc) is 2.31. The lowest BCUT2D eigenvalue weighted by Crippen LogP contribution is -1.86. The van der Waals surface area contributed by atoms with Gasteiger partial charge in [0.05, 0.1) is 0 Å². The third kappa shape index (κ3) is 1.96. The Kier molecular flexibility index (Phi) is 2.73. The summed E-state index contributed by atoms with van der Waals surface area (Å²) >= 11 is 0. The predicted molar refractivity (Wildman–Crippen MR) is 63.7 cm³/mol. The molecule has 0 saturated heterocycles. The number of hydrogen-bond donors (Lipinski definition) is 1. The van der Waals surface area contributed by atoms with Crippen LogP contribution in [-0.4, -0.2) is 11.4 Å². The van der Waals surface area contributed by atoms with Crippen LogP contribution in [0.25, 0.3) is 11.1 Å². The monoisotopic (exact) mass is 212 g/mol. The highest BCUT2D eigenvalue weighted by Gasteiger charge is 2.03. The van der Waals surface area contributed by atoms with E-state index in [1.165, 1.54) is 0 Å². The zero-order valence-corrected chi connectivity index (χ0v) is 8.97. The molecule has 0 aromatic heterocycles. The van der Waals surface area contributed by atoms with Crippen molar-refractivity contribution in [2.45, 2.75) is 6.92 Å². The number of hydrogen-bond acceptors (Lipinski definition) is 2. The number of carbonyl (C=O) groups excluding carboxylic acids is 1. The topological polar surface area (TPSA) is 37.3 Å². The molecule has 2 aromatic carbocycles. The predicted octanol–water partition coefficient (Wildman–Crippen LogP) is 3.18. The number of benzene rings is 2. The molecule has 0 bridgehead atoms. The number of phenols is 1. The first-order chi connectivity index (χ1) is 7.70. The van der Waals surface area contributed by atoms with Gasteiger partial charge in [0.1, 0.15) is 12.0 Å². The highest BCUT2D eigenvalue weighted by Crippen LogP contribution is 2.25. The highest BCUT2D eigenvalue weighted by atomic mass is 16.3. The molecule has 0 unspecified atom stereocenters. The molecule has 0 atom stereocenters. The first-order valence-electron chi connectivity index (χ1n) is 5.06. The smallest absolute Gasteiger partial charge is 0.150 e. The van der Waals surface area contributed by atoms with Gasteiger partial charge in [0, 0.05) is 5.56 Å². The van der Waals surface area contributed by atoms with Crippen molar-refractivity contribution >= 4 is 6.29 Å². The first-order valence-corrected chi connectivity index (χ1v) is 5.06. The zero-order chi connectivity index (χ0) is 11.5. The second-order valence-electron chi connectivity index (χ2n) is 3.74. The van der Waals surface area contributed by atoms with Gasteiger partial charge < -0.3 is 5.11 Å². The number of aldehydes is 1. The summed E-state index contributed by atoms with van der Waals surface area (Å²) in [6, 6.07) is 12.5. The van der Waals surface area contributed by atoms with Gasteiger partial charge in [-0.1, -0.05) is 24.3 Å². The second kappa shape index (κ2) is 4.19. The van der Waals surface area contributed by atoms with Gasteiger partial charge in [-0.05, 0) is 41.8 Å². The van der Waals surface area contributed by atoms with Gasteiger partial charge in [-0.15, -0.1) is 0 Å². The quantitative estimate of drug-likeness (QED) is 0.776. The molecule has 2 nitrogen and oxygen atoms in total. The molecule has 0 aliphatic carbocycles.